The van der Waals surface area contributed by atoms with Crippen LogP contribution in [0.2, 0.25) is 0 Å². The molecule has 0 aliphatic carbocycles. The standard InChI is InChI=1S/C15H18BrN5O/c1-20-13(6-8-18-20)15(22)19-11-4-3-9-21(10-11)14-12(16)5-2-7-17-14/h2,5-8,11H,3-4,9-10H2,1H3,(H,19,22). The Bertz CT molecular complexity index is 671. The third kappa shape index (κ3) is 3.14. The number of rotatable bonds is 3. The molecule has 7 heteroatoms. The molecule has 3 heterocycles. The van der Waals surface area contributed by atoms with Gasteiger partial charge in [-0.25, -0.2) is 4.98 Å². The van der Waals surface area contributed by atoms with E-state index in [2.05, 4.69) is 36.2 Å². The Morgan fingerprint density at radius 3 is 3.00 bits per heavy atom. The predicted molar refractivity (Wildman–Crippen MR) is 87.8 cm³/mol. The Balaban J connectivity index is 1.68. The van der Waals surface area contributed by atoms with Gasteiger partial charge in [-0.2, -0.15) is 5.10 Å². The molecule has 0 bridgehead atoms. The van der Waals surface area contributed by atoms with Crippen LogP contribution in [0.5, 0.6) is 0 Å². The van der Waals surface area contributed by atoms with Crippen molar-refractivity contribution in [2.45, 2.75) is 18.9 Å². The van der Waals surface area contributed by atoms with Crippen LogP contribution in [0.15, 0.2) is 35.1 Å². The van der Waals surface area contributed by atoms with Gasteiger partial charge in [-0.1, -0.05) is 0 Å². The lowest BCUT2D eigenvalue weighted by Crippen LogP contribution is -2.48. The van der Waals surface area contributed by atoms with E-state index in [1.165, 1.54) is 0 Å². The molecule has 0 aromatic carbocycles. The van der Waals surface area contributed by atoms with E-state index in [1.54, 1.807) is 30.2 Å². The summed E-state index contributed by atoms with van der Waals surface area (Å²) in [5.41, 5.74) is 0.580. The van der Waals surface area contributed by atoms with Gasteiger partial charge < -0.3 is 10.2 Å². The van der Waals surface area contributed by atoms with Crippen molar-refractivity contribution in [1.82, 2.24) is 20.1 Å². The Morgan fingerprint density at radius 1 is 1.41 bits per heavy atom. The third-order valence-corrected chi connectivity index (χ3v) is 4.47. The van der Waals surface area contributed by atoms with Crippen molar-refractivity contribution in [1.29, 1.82) is 0 Å². The number of hydrogen-bond donors (Lipinski definition) is 1. The fourth-order valence-electron chi connectivity index (χ4n) is 2.75. The van der Waals surface area contributed by atoms with Crippen LogP contribution in [0, 0.1) is 0 Å². The molecule has 1 unspecified atom stereocenters. The highest BCUT2D eigenvalue weighted by atomic mass is 79.9. The molecule has 6 nitrogen and oxygen atoms in total. The van der Waals surface area contributed by atoms with E-state index in [-0.39, 0.29) is 11.9 Å². The monoisotopic (exact) mass is 363 g/mol. The summed E-state index contributed by atoms with van der Waals surface area (Å²) in [6.07, 6.45) is 5.43. The van der Waals surface area contributed by atoms with Crippen LogP contribution < -0.4 is 10.2 Å². The molecule has 0 radical (unpaired) electrons. The smallest absolute Gasteiger partial charge is 0.269 e. The van der Waals surface area contributed by atoms with Gasteiger partial charge in [-0.05, 0) is 47.0 Å². The molecule has 1 N–H and O–H groups in total. The molecular formula is C15H18BrN5O. The van der Waals surface area contributed by atoms with Crippen LogP contribution in [-0.2, 0) is 7.05 Å². The maximum Gasteiger partial charge on any atom is 0.269 e. The minimum absolute atomic E-state index is 0.0769. The summed E-state index contributed by atoms with van der Waals surface area (Å²) in [6, 6.07) is 5.73. The lowest BCUT2D eigenvalue weighted by atomic mass is 10.1. The summed E-state index contributed by atoms with van der Waals surface area (Å²) in [4.78, 5) is 18.9. The van der Waals surface area contributed by atoms with Crippen LogP contribution in [0.3, 0.4) is 0 Å². The number of carbonyl (C=O) groups excluding carboxylic acids is 1. The molecule has 116 valence electrons. The van der Waals surface area contributed by atoms with E-state index in [4.69, 9.17) is 0 Å². The second kappa shape index (κ2) is 6.48. The second-order valence-electron chi connectivity index (χ2n) is 5.41. The average Bonchev–Trinajstić information content (AvgIpc) is 2.94. The average molecular weight is 364 g/mol. The summed E-state index contributed by atoms with van der Waals surface area (Å²) < 4.78 is 2.57. The maximum atomic E-state index is 12.3. The van der Waals surface area contributed by atoms with Crippen molar-refractivity contribution in [3.8, 4) is 0 Å². The number of pyridine rings is 1. The number of aromatic nitrogens is 3. The van der Waals surface area contributed by atoms with E-state index in [9.17, 15) is 4.79 Å². The van der Waals surface area contributed by atoms with E-state index >= 15 is 0 Å². The number of hydrogen-bond acceptors (Lipinski definition) is 4. The Hall–Kier alpha value is -1.89. The second-order valence-corrected chi connectivity index (χ2v) is 6.26. The minimum Gasteiger partial charge on any atom is -0.354 e. The predicted octanol–water partition coefficient (Wildman–Crippen LogP) is 1.98. The van der Waals surface area contributed by atoms with Crippen LogP contribution in [0.25, 0.3) is 0 Å². The normalized spacial score (nSPS) is 18.3. The molecule has 1 atom stereocenters. The van der Waals surface area contributed by atoms with Gasteiger partial charge >= 0.3 is 0 Å². The van der Waals surface area contributed by atoms with Gasteiger partial charge in [0, 0.05) is 38.6 Å². The first-order valence-corrected chi connectivity index (χ1v) is 8.09. The van der Waals surface area contributed by atoms with E-state index in [0.717, 1.165) is 36.2 Å². The number of piperidine rings is 1. The lowest BCUT2D eigenvalue weighted by molar-refractivity contribution is 0.0923. The molecule has 22 heavy (non-hydrogen) atoms. The van der Waals surface area contributed by atoms with Crippen molar-refractivity contribution < 1.29 is 4.79 Å². The van der Waals surface area contributed by atoms with Gasteiger partial charge in [0.1, 0.15) is 11.5 Å². The lowest BCUT2D eigenvalue weighted by Gasteiger charge is -2.34. The molecule has 0 spiro atoms. The zero-order valence-electron chi connectivity index (χ0n) is 12.4. The van der Waals surface area contributed by atoms with Crippen molar-refractivity contribution in [2.24, 2.45) is 7.05 Å². The number of amides is 1. The maximum absolute atomic E-state index is 12.3. The van der Waals surface area contributed by atoms with Gasteiger partial charge in [0.15, 0.2) is 0 Å². The number of nitrogens with one attached hydrogen (secondary N) is 1. The molecule has 3 rings (SSSR count). The van der Waals surface area contributed by atoms with Gasteiger partial charge in [0.05, 0.1) is 4.47 Å². The zero-order valence-corrected chi connectivity index (χ0v) is 14.0. The molecule has 1 saturated heterocycles. The summed E-state index contributed by atoms with van der Waals surface area (Å²) in [5, 5.41) is 7.13. The summed E-state index contributed by atoms with van der Waals surface area (Å²) in [5.74, 6) is 0.855. The van der Waals surface area contributed by atoms with E-state index in [1.807, 2.05) is 12.1 Å². The van der Waals surface area contributed by atoms with Crippen LogP contribution in [0.4, 0.5) is 5.82 Å². The largest absolute Gasteiger partial charge is 0.354 e. The molecule has 1 amide bonds. The highest BCUT2D eigenvalue weighted by Crippen LogP contribution is 2.25. The van der Waals surface area contributed by atoms with Crippen LogP contribution >= 0.6 is 15.9 Å². The number of aryl methyl sites for hydroxylation is 1. The molecular weight excluding hydrogens is 346 g/mol. The van der Waals surface area contributed by atoms with Gasteiger partial charge in [0.25, 0.3) is 5.91 Å². The van der Waals surface area contributed by atoms with E-state index in [0.29, 0.717) is 5.69 Å². The van der Waals surface area contributed by atoms with Crippen molar-refractivity contribution in [3.05, 3.63) is 40.8 Å². The zero-order chi connectivity index (χ0) is 15.5. The van der Waals surface area contributed by atoms with Crippen molar-refractivity contribution >= 4 is 27.7 Å². The molecule has 1 aliphatic rings. The number of nitrogens with zero attached hydrogens (tertiary/aromatic N) is 4. The highest BCUT2D eigenvalue weighted by molar-refractivity contribution is 9.10. The fraction of sp³-hybridized carbons (Fsp3) is 0.400. The molecule has 2 aromatic rings. The number of anilines is 1. The molecule has 1 aliphatic heterocycles. The molecule has 1 fully saturated rings. The summed E-state index contributed by atoms with van der Waals surface area (Å²) in [6.45, 7) is 1.72. The van der Waals surface area contributed by atoms with Crippen LogP contribution in [-0.4, -0.2) is 39.8 Å². The first-order chi connectivity index (χ1) is 10.6. The molecule has 0 saturated carbocycles. The van der Waals surface area contributed by atoms with E-state index < -0.39 is 0 Å². The number of halogens is 1. The quantitative estimate of drug-likeness (QED) is 0.905. The van der Waals surface area contributed by atoms with Crippen LogP contribution in [0.1, 0.15) is 23.3 Å². The van der Waals surface area contributed by atoms with Gasteiger partial charge in [0.2, 0.25) is 0 Å². The number of carbonyl (C=O) groups is 1. The Morgan fingerprint density at radius 2 is 2.27 bits per heavy atom. The topological polar surface area (TPSA) is 63.1 Å². The summed E-state index contributed by atoms with van der Waals surface area (Å²) in [7, 11) is 1.77. The SMILES string of the molecule is Cn1nccc1C(=O)NC1CCCN(c2ncccc2Br)C1. The first kappa shape index (κ1) is 15.0. The Kier molecular flexibility index (Phi) is 4.42. The van der Waals surface area contributed by atoms with Gasteiger partial charge in [-0.3, -0.25) is 9.48 Å². The van der Waals surface area contributed by atoms with Gasteiger partial charge in [-0.15, -0.1) is 0 Å². The fourth-order valence-corrected chi connectivity index (χ4v) is 3.26. The first-order valence-electron chi connectivity index (χ1n) is 7.29. The third-order valence-electron chi connectivity index (χ3n) is 3.85. The van der Waals surface area contributed by atoms with Crippen molar-refractivity contribution in [2.75, 3.05) is 18.0 Å². The molecule has 2 aromatic heterocycles. The van der Waals surface area contributed by atoms with Crippen molar-refractivity contribution in [3.63, 3.8) is 0 Å². The summed E-state index contributed by atoms with van der Waals surface area (Å²) >= 11 is 3.54. The minimum atomic E-state index is -0.0769. The Labute approximate surface area is 137 Å². The highest BCUT2D eigenvalue weighted by Gasteiger charge is 2.24.